The van der Waals surface area contributed by atoms with Gasteiger partial charge in [0.2, 0.25) is 10.0 Å². The second-order valence-corrected chi connectivity index (χ2v) is 10.1. The summed E-state index contributed by atoms with van der Waals surface area (Å²) in [6, 6.07) is 13.6. The van der Waals surface area contributed by atoms with Gasteiger partial charge in [-0.1, -0.05) is 24.6 Å². The third kappa shape index (κ3) is 4.52. The number of hydrogen-bond donors (Lipinski definition) is 2. The molecule has 0 spiro atoms. The van der Waals surface area contributed by atoms with Gasteiger partial charge in [0.05, 0.1) is 4.90 Å². The second kappa shape index (κ2) is 9.71. The van der Waals surface area contributed by atoms with Crippen LogP contribution in [0.15, 0.2) is 65.6 Å². The van der Waals surface area contributed by atoms with E-state index in [1.807, 2.05) is 6.92 Å². The summed E-state index contributed by atoms with van der Waals surface area (Å²) in [6.07, 6.45) is 0.834. The summed E-state index contributed by atoms with van der Waals surface area (Å²) < 4.78 is 48.5. The summed E-state index contributed by atoms with van der Waals surface area (Å²) in [5.74, 6) is -0.810. The first kappa shape index (κ1) is 24.2. The van der Waals surface area contributed by atoms with Gasteiger partial charge in [-0.2, -0.15) is 4.31 Å². The lowest BCUT2D eigenvalue weighted by Crippen LogP contribution is -2.47. The Kier molecular flexibility index (Phi) is 6.90. The number of hydrogen-bond acceptors (Lipinski definition) is 5. The van der Waals surface area contributed by atoms with Gasteiger partial charge in [-0.15, -0.1) is 0 Å². The van der Waals surface area contributed by atoms with Crippen molar-refractivity contribution < 1.29 is 27.5 Å². The summed E-state index contributed by atoms with van der Waals surface area (Å²) in [7, 11) is -4.22. The van der Waals surface area contributed by atoms with E-state index in [1.54, 1.807) is 30.3 Å². The molecule has 2 N–H and O–H groups in total. The maximum absolute atomic E-state index is 14.9. The van der Waals surface area contributed by atoms with Crippen molar-refractivity contribution in [3.05, 3.63) is 88.2 Å². The van der Waals surface area contributed by atoms with Gasteiger partial charge >= 0.3 is 0 Å². The first-order valence-electron chi connectivity index (χ1n) is 10.6. The lowest BCUT2D eigenvalue weighted by Gasteiger charge is -2.36. The third-order valence-corrected chi connectivity index (χ3v) is 7.89. The Morgan fingerprint density at radius 1 is 1.12 bits per heavy atom. The highest BCUT2D eigenvalue weighted by molar-refractivity contribution is 7.89. The van der Waals surface area contributed by atoms with Crippen molar-refractivity contribution in [2.45, 2.75) is 30.7 Å². The minimum atomic E-state index is -4.22. The number of ether oxygens (including phenoxy) is 1. The zero-order valence-electron chi connectivity index (χ0n) is 18.2. The average molecular weight is 505 g/mol. The molecule has 0 aliphatic carbocycles. The minimum Gasteiger partial charge on any atom is -0.457 e. The molecular formula is C24H22ClFN2O5S. The van der Waals surface area contributed by atoms with Gasteiger partial charge in [0.25, 0.3) is 5.91 Å². The van der Waals surface area contributed by atoms with Gasteiger partial charge < -0.3 is 4.74 Å². The summed E-state index contributed by atoms with van der Waals surface area (Å²) in [4.78, 5) is 12.5. The molecule has 0 radical (unpaired) electrons. The maximum Gasteiger partial charge on any atom is 0.266 e. The highest BCUT2D eigenvalue weighted by Gasteiger charge is 2.42. The largest absolute Gasteiger partial charge is 0.457 e. The summed E-state index contributed by atoms with van der Waals surface area (Å²) in [5.41, 5.74) is 2.87. The molecule has 34 heavy (non-hydrogen) atoms. The van der Waals surface area contributed by atoms with Gasteiger partial charge in [0.1, 0.15) is 23.4 Å². The predicted octanol–water partition coefficient (Wildman–Crippen LogP) is 4.63. The molecule has 1 amide bonds. The van der Waals surface area contributed by atoms with E-state index in [-0.39, 0.29) is 23.4 Å². The van der Waals surface area contributed by atoms with Crippen molar-refractivity contribution >= 4 is 27.5 Å². The number of nitrogens with zero attached hydrogens (tertiary/aromatic N) is 1. The van der Waals surface area contributed by atoms with Crippen molar-refractivity contribution in [1.29, 1.82) is 0 Å². The molecule has 4 rings (SSSR count). The topological polar surface area (TPSA) is 95.9 Å². The van der Waals surface area contributed by atoms with Crippen molar-refractivity contribution in [1.82, 2.24) is 9.79 Å². The number of carbonyl (C=O) groups is 1. The molecule has 1 unspecified atom stereocenters. The molecule has 0 saturated carbocycles. The van der Waals surface area contributed by atoms with Crippen LogP contribution >= 0.6 is 11.6 Å². The zero-order valence-corrected chi connectivity index (χ0v) is 19.7. The van der Waals surface area contributed by atoms with Crippen LogP contribution in [0.3, 0.4) is 0 Å². The second-order valence-electron chi connectivity index (χ2n) is 7.72. The molecule has 0 bridgehead atoms. The van der Waals surface area contributed by atoms with Crippen LogP contribution in [-0.4, -0.2) is 30.4 Å². The number of amides is 1. The number of halogens is 2. The van der Waals surface area contributed by atoms with Crippen molar-refractivity contribution in [3.8, 4) is 11.5 Å². The van der Waals surface area contributed by atoms with E-state index in [4.69, 9.17) is 16.3 Å². The van der Waals surface area contributed by atoms with Crippen LogP contribution < -0.4 is 10.2 Å². The van der Waals surface area contributed by atoms with E-state index < -0.39 is 27.8 Å². The van der Waals surface area contributed by atoms with E-state index in [0.717, 1.165) is 9.87 Å². The quantitative estimate of drug-likeness (QED) is 0.377. The molecule has 0 aromatic heterocycles. The number of carbonyl (C=O) groups excluding carboxylic acids is 1. The molecule has 0 saturated heterocycles. The molecule has 10 heteroatoms. The first-order valence-corrected chi connectivity index (χ1v) is 12.4. The molecule has 1 aliphatic rings. The summed E-state index contributed by atoms with van der Waals surface area (Å²) in [5, 5.41) is 9.87. The normalized spacial score (nSPS) is 16.1. The van der Waals surface area contributed by atoms with Crippen LogP contribution in [0.2, 0.25) is 5.02 Å². The fourth-order valence-electron chi connectivity index (χ4n) is 4.13. The number of benzene rings is 3. The Labute approximate surface area is 201 Å². The Bertz CT molecular complexity index is 1310. The zero-order chi connectivity index (χ0) is 24.5. The van der Waals surface area contributed by atoms with Crippen LogP contribution in [0.1, 0.15) is 29.7 Å². The maximum atomic E-state index is 14.9. The number of rotatable bonds is 6. The van der Waals surface area contributed by atoms with Crippen LogP contribution in [0.4, 0.5) is 4.39 Å². The average Bonchev–Trinajstić information content (AvgIpc) is 2.85. The Morgan fingerprint density at radius 3 is 2.32 bits per heavy atom. The molecule has 7 nitrogen and oxygen atoms in total. The molecular weight excluding hydrogens is 483 g/mol. The Balaban J connectivity index is 1.68. The van der Waals surface area contributed by atoms with Crippen molar-refractivity contribution in [2.75, 3.05) is 6.54 Å². The lowest BCUT2D eigenvalue weighted by atomic mass is 9.88. The highest BCUT2D eigenvalue weighted by Crippen LogP contribution is 2.38. The van der Waals surface area contributed by atoms with Crippen molar-refractivity contribution in [2.24, 2.45) is 0 Å². The van der Waals surface area contributed by atoms with Crippen molar-refractivity contribution in [3.63, 3.8) is 0 Å². The van der Waals surface area contributed by atoms with Gasteiger partial charge in [0.15, 0.2) is 0 Å². The van der Waals surface area contributed by atoms with E-state index in [2.05, 4.69) is 0 Å². The number of sulfonamides is 1. The van der Waals surface area contributed by atoms with E-state index in [0.29, 0.717) is 28.5 Å². The number of aryl methyl sites for hydroxylation is 1. The van der Waals surface area contributed by atoms with E-state index in [9.17, 15) is 22.8 Å². The molecule has 3 aromatic rings. The van der Waals surface area contributed by atoms with Gasteiger partial charge in [0, 0.05) is 17.1 Å². The number of hydroxylamine groups is 1. The van der Waals surface area contributed by atoms with Crippen LogP contribution in [0, 0.1) is 5.82 Å². The molecule has 1 aliphatic heterocycles. The number of nitrogens with one attached hydrogen (secondary N) is 1. The molecule has 1 atom stereocenters. The monoisotopic (exact) mass is 504 g/mol. The first-order chi connectivity index (χ1) is 16.3. The standard InChI is InChI=1S/C24H22ClFN2O5S/c1-2-15-3-12-21(26)22-20(15)13-14-28(23(22)24(29)27-30)34(31,32)19-10-8-18(9-11-19)33-17-6-4-16(25)5-7-17/h3-12,23,30H,2,13-14H2,1H3,(H,27,29). The van der Waals surface area contributed by atoms with Crippen LogP contribution in [0.25, 0.3) is 0 Å². The molecule has 0 fully saturated rings. The smallest absolute Gasteiger partial charge is 0.266 e. The Morgan fingerprint density at radius 2 is 1.74 bits per heavy atom. The lowest BCUT2D eigenvalue weighted by molar-refractivity contribution is -0.133. The summed E-state index contributed by atoms with van der Waals surface area (Å²) in [6.45, 7) is 1.85. The van der Waals surface area contributed by atoms with Crippen LogP contribution in [-0.2, 0) is 27.7 Å². The fourth-order valence-corrected chi connectivity index (χ4v) is 5.82. The van der Waals surface area contributed by atoms with Gasteiger partial charge in [-0.05, 0) is 78.6 Å². The Hall–Kier alpha value is -2.98. The molecule has 1 heterocycles. The fraction of sp³-hybridized carbons (Fsp3) is 0.208. The van der Waals surface area contributed by atoms with Gasteiger partial charge in [-0.3, -0.25) is 10.0 Å². The third-order valence-electron chi connectivity index (χ3n) is 5.76. The van der Waals surface area contributed by atoms with E-state index in [1.165, 1.54) is 35.8 Å². The minimum absolute atomic E-state index is 0.0385. The number of fused-ring (bicyclic) bond motifs is 1. The SMILES string of the molecule is CCc1ccc(F)c2c1CCN(S(=O)(=O)c1ccc(Oc3ccc(Cl)cc3)cc1)C2C(=O)NO. The van der Waals surface area contributed by atoms with E-state index >= 15 is 0 Å². The van der Waals surface area contributed by atoms with Gasteiger partial charge in [-0.25, -0.2) is 18.3 Å². The van der Waals surface area contributed by atoms with Crippen LogP contribution in [0.5, 0.6) is 11.5 Å². The predicted molar refractivity (Wildman–Crippen MR) is 124 cm³/mol. The highest BCUT2D eigenvalue weighted by atomic mass is 35.5. The molecule has 3 aromatic carbocycles. The summed E-state index contributed by atoms with van der Waals surface area (Å²) >= 11 is 5.87. The molecule has 178 valence electrons.